The number of ketones is 1. The van der Waals surface area contributed by atoms with Gasteiger partial charge in [0.1, 0.15) is 36.8 Å². The van der Waals surface area contributed by atoms with Crippen molar-refractivity contribution < 1.29 is 49.3 Å². The molecule has 0 bridgehead atoms. The van der Waals surface area contributed by atoms with Crippen molar-refractivity contribution >= 4 is 17.8 Å². The van der Waals surface area contributed by atoms with Crippen LogP contribution in [0, 0.1) is 0 Å². The van der Waals surface area contributed by atoms with Gasteiger partial charge in [0.25, 0.3) is 0 Å². The highest BCUT2D eigenvalue weighted by Crippen LogP contribution is 2.26. The van der Waals surface area contributed by atoms with Gasteiger partial charge in [-0.3, -0.25) is 4.79 Å². The number of benzene rings is 1. The van der Waals surface area contributed by atoms with E-state index in [2.05, 4.69) is 0 Å². The second-order valence-corrected chi connectivity index (χ2v) is 7.08. The molecule has 1 saturated heterocycles. The van der Waals surface area contributed by atoms with Gasteiger partial charge in [-0.2, -0.15) is 0 Å². The van der Waals surface area contributed by atoms with E-state index in [-0.39, 0.29) is 23.7 Å². The lowest BCUT2D eigenvalue weighted by atomic mass is 9.99. The smallest absolute Gasteiger partial charge is 0.330 e. The molecule has 1 aromatic rings. The van der Waals surface area contributed by atoms with Crippen LogP contribution in [0.1, 0.15) is 25.8 Å². The summed E-state index contributed by atoms with van der Waals surface area (Å²) in [5.74, 6) is -1.57. The maximum Gasteiger partial charge on any atom is 0.330 e. The number of carbonyl (C=O) groups excluding carboxylic acids is 2. The number of hydrogen-bond acceptors (Lipinski definition) is 10. The monoisotopic (exact) mass is 426 g/mol. The first-order chi connectivity index (χ1) is 14.1. The molecule has 1 heterocycles. The first kappa shape index (κ1) is 23.8. The molecule has 10 nitrogen and oxygen atoms in total. The number of carbonyl (C=O) groups is 2. The van der Waals surface area contributed by atoms with Crippen molar-refractivity contribution in [3.05, 3.63) is 29.8 Å². The van der Waals surface area contributed by atoms with Crippen LogP contribution >= 0.6 is 0 Å². The summed E-state index contributed by atoms with van der Waals surface area (Å²) < 4.78 is 15.9. The molecule has 1 aliphatic heterocycles. The topological polar surface area (TPSA) is 163 Å². The lowest BCUT2D eigenvalue weighted by Crippen LogP contribution is -2.59. The van der Waals surface area contributed by atoms with Crippen molar-refractivity contribution in [3.63, 3.8) is 0 Å². The molecule has 6 atom stereocenters. The molecule has 0 spiro atoms. The number of phenols is 2. The molecule has 1 aromatic carbocycles. The number of rotatable bonds is 8. The third-order valence-corrected chi connectivity index (χ3v) is 4.41. The Morgan fingerprint density at radius 2 is 1.83 bits per heavy atom. The van der Waals surface area contributed by atoms with E-state index in [0.29, 0.717) is 5.56 Å². The average molecular weight is 426 g/mol. The maximum absolute atomic E-state index is 11.9. The van der Waals surface area contributed by atoms with Gasteiger partial charge in [0.2, 0.25) is 0 Å². The van der Waals surface area contributed by atoms with Gasteiger partial charge in [0.15, 0.2) is 17.8 Å². The molecule has 0 aliphatic carbocycles. The van der Waals surface area contributed by atoms with Crippen molar-refractivity contribution in [2.75, 3.05) is 6.61 Å². The summed E-state index contributed by atoms with van der Waals surface area (Å²) in [4.78, 5) is 23.1. The fraction of sp³-hybridized carbons (Fsp3) is 0.500. The van der Waals surface area contributed by atoms with Crippen LogP contribution in [-0.2, 0) is 23.8 Å². The van der Waals surface area contributed by atoms with Crippen molar-refractivity contribution in [1.82, 2.24) is 0 Å². The molecule has 166 valence electrons. The fourth-order valence-corrected chi connectivity index (χ4v) is 2.87. The van der Waals surface area contributed by atoms with Gasteiger partial charge in [-0.05, 0) is 37.6 Å². The molecular formula is C20H26O10. The molecule has 0 amide bonds. The number of phenolic OH excluding ortho intramolecular Hbond substituents is 2. The Balaban J connectivity index is 1.93. The van der Waals surface area contributed by atoms with E-state index in [0.717, 1.165) is 6.08 Å². The van der Waals surface area contributed by atoms with Gasteiger partial charge in [-0.25, -0.2) is 4.79 Å². The van der Waals surface area contributed by atoms with Crippen LogP contribution in [0.15, 0.2) is 24.3 Å². The van der Waals surface area contributed by atoms with E-state index in [1.165, 1.54) is 31.2 Å². The zero-order valence-corrected chi connectivity index (χ0v) is 16.5. The molecule has 1 aliphatic rings. The van der Waals surface area contributed by atoms with Gasteiger partial charge in [0, 0.05) is 12.5 Å². The van der Waals surface area contributed by atoms with E-state index >= 15 is 0 Å². The zero-order chi connectivity index (χ0) is 22.4. The summed E-state index contributed by atoms with van der Waals surface area (Å²) in [5.41, 5.74) is 0.433. The second kappa shape index (κ2) is 10.5. The van der Waals surface area contributed by atoms with Crippen LogP contribution in [0.2, 0.25) is 0 Å². The molecule has 5 N–H and O–H groups in total. The number of aromatic hydroxyl groups is 2. The molecule has 30 heavy (non-hydrogen) atoms. The Labute approximate surface area is 172 Å². The van der Waals surface area contributed by atoms with E-state index in [1.54, 1.807) is 6.92 Å². The van der Waals surface area contributed by atoms with E-state index < -0.39 is 49.4 Å². The number of ether oxygens (including phenoxy) is 3. The van der Waals surface area contributed by atoms with Crippen LogP contribution in [0.3, 0.4) is 0 Å². The van der Waals surface area contributed by atoms with Crippen LogP contribution in [0.5, 0.6) is 11.5 Å². The van der Waals surface area contributed by atoms with Crippen molar-refractivity contribution in [1.29, 1.82) is 0 Å². The van der Waals surface area contributed by atoms with Crippen molar-refractivity contribution in [2.45, 2.75) is 57.1 Å². The highest BCUT2D eigenvalue weighted by Gasteiger charge is 2.45. The first-order valence-electron chi connectivity index (χ1n) is 9.30. The third-order valence-electron chi connectivity index (χ3n) is 4.41. The molecule has 0 unspecified atom stereocenters. The largest absolute Gasteiger partial charge is 0.504 e. The molecule has 10 heteroatoms. The SMILES string of the molecule is CC(=O)C[C@@H](C)O[C@@H]1O[C@H](COC(=O)C=Cc2ccc(O)c(O)c2)[C@@H](O)[C@H](O)[C@H]1O. The van der Waals surface area contributed by atoms with Gasteiger partial charge >= 0.3 is 5.97 Å². The Morgan fingerprint density at radius 1 is 1.13 bits per heavy atom. The molecule has 1 fully saturated rings. The van der Waals surface area contributed by atoms with Crippen LogP contribution in [-0.4, -0.2) is 80.7 Å². The molecule has 2 rings (SSSR count). The number of esters is 1. The summed E-state index contributed by atoms with van der Waals surface area (Å²) in [5, 5.41) is 48.8. The first-order valence-corrected chi connectivity index (χ1v) is 9.30. The van der Waals surface area contributed by atoms with Gasteiger partial charge in [-0.15, -0.1) is 0 Å². The summed E-state index contributed by atoms with van der Waals surface area (Å²) in [6.45, 7) is 2.54. The van der Waals surface area contributed by atoms with Crippen LogP contribution in [0.25, 0.3) is 6.08 Å². The van der Waals surface area contributed by atoms with Crippen LogP contribution < -0.4 is 0 Å². The fourth-order valence-electron chi connectivity index (χ4n) is 2.87. The average Bonchev–Trinajstić information content (AvgIpc) is 2.67. The lowest BCUT2D eigenvalue weighted by Gasteiger charge is -2.40. The van der Waals surface area contributed by atoms with E-state index in [1.807, 2.05) is 0 Å². The zero-order valence-electron chi connectivity index (χ0n) is 16.5. The summed E-state index contributed by atoms with van der Waals surface area (Å²) in [7, 11) is 0. The van der Waals surface area contributed by atoms with Gasteiger partial charge < -0.3 is 39.7 Å². The highest BCUT2D eigenvalue weighted by atomic mass is 16.7. The quantitative estimate of drug-likeness (QED) is 0.214. The third kappa shape index (κ3) is 6.51. The Kier molecular flexibility index (Phi) is 8.33. The normalized spacial score (nSPS) is 27.7. The standard InChI is InChI=1S/C20H26O10/c1-10(21)7-11(2)29-20-19(27)18(26)17(25)15(30-20)9-28-16(24)6-4-12-3-5-13(22)14(23)8-12/h3-6,8,11,15,17-20,22-23,25-27H,7,9H2,1-2H3/t11-,15-,17-,18+,19-,20-/m1/s1. The number of aliphatic hydroxyl groups excluding tert-OH is 3. The lowest BCUT2D eigenvalue weighted by molar-refractivity contribution is -0.310. The number of Topliss-reactive ketones (excluding diaryl/α,β-unsaturated/α-hetero) is 1. The molecule has 0 saturated carbocycles. The van der Waals surface area contributed by atoms with E-state index in [9.17, 15) is 35.1 Å². The second-order valence-electron chi connectivity index (χ2n) is 7.08. The van der Waals surface area contributed by atoms with Crippen LogP contribution in [0.4, 0.5) is 0 Å². The summed E-state index contributed by atoms with van der Waals surface area (Å²) in [6.07, 6.45) is -5.31. The molecule has 0 radical (unpaired) electrons. The Hall–Kier alpha value is -2.50. The highest BCUT2D eigenvalue weighted by molar-refractivity contribution is 5.87. The summed E-state index contributed by atoms with van der Waals surface area (Å²) >= 11 is 0. The number of hydrogen-bond donors (Lipinski definition) is 5. The summed E-state index contributed by atoms with van der Waals surface area (Å²) in [6, 6.07) is 3.97. The van der Waals surface area contributed by atoms with Gasteiger partial charge in [0.05, 0.1) is 6.10 Å². The van der Waals surface area contributed by atoms with Crippen molar-refractivity contribution in [3.8, 4) is 11.5 Å². The van der Waals surface area contributed by atoms with E-state index in [4.69, 9.17) is 14.2 Å². The molecule has 0 aromatic heterocycles. The Bertz CT molecular complexity index is 777. The van der Waals surface area contributed by atoms with Crippen molar-refractivity contribution in [2.24, 2.45) is 0 Å². The minimum atomic E-state index is -1.60. The predicted octanol–water partition coefficient (Wildman–Crippen LogP) is -0.154. The van der Waals surface area contributed by atoms with Gasteiger partial charge in [-0.1, -0.05) is 6.07 Å². The minimum Gasteiger partial charge on any atom is -0.504 e. The maximum atomic E-state index is 11.9. The minimum absolute atomic E-state index is 0.0719. The number of aliphatic hydroxyl groups is 3. The Morgan fingerprint density at radius 3 is 2.47 bits per heavy atom. The molecular weight excluding hydrogens is 400 g/mol. The predicted molar refractivity (Wildman–Crippen MR) is 102 cm³/mol.